The summed E-state index contributed by atoms with van der Waals surface area (Å²) < 4.78 is 18.2. The molecule has 0 spiro atoms. The maximum Gasteiger partial charge on any atom is 0.409 e. The summed E-state index contributed by atoms with van der Waals surface area (Å²) in [6.45, 7) is 1.96. The van der Waals surface area contributed by atoms with Gasteiger partial charge in [-0.3, -0.25) is 10.3 Å². The fourth-order valence-corrected chi connectivity index (χ4v) is 2.70. The van der Waals surface area contributed by atoms with Gasteiger partial charge in [0.1, 0.15) is 10.8 Å². The molecule has 2 N–H and O–H groups in total. The third kappa shape index (κ3) is 3.83. The molecule has 1 unspecified atom stereocenters. The molecule has 2 aromatic rings. The highest BCUT2D eigenvalue weighted by atomic mass is 32.1. The molecule has 1 heterocycles. The molecule has 0 aliphatic carbocycles. The first-order valence-corrected chi connectivity index (χ1v) is 8.16. The zero-order valence-corrected chi connectivity index (χ0v) is 14.3. The molecule has 1 amide bonds. The normalized spacial score (nSPS) is 16.2. The smallest absolute Gasteiger partial charge is 0.409 e. The van der Waals surface area contributed by atoms with Crippen molar-refractivity contribution in [2.24, 2.45) is 4.99 Å². The number of nitrogens with zero attached hydrogens (tertiary/aromatic N) is 1. The molecule has 0 bridgehead atoms. The van der Waals surface area contributed by atoms with Gasteiger partial charge in [0.15, 0.2) is 6.17 Å². The van der Waals surface area contributed by atoms with E-state index in [0.29, 0.717) is 10.7 Å². The van der Waals surface area contributed by atoms with Crippen LogP contribution in [0.3, 0.4) is 0 Å². The van der Waals surface area contributed by atoms with Gasteiger partial charge < -0.3 is 10.1 Å². The molecule has 1 atom stereocenters. The molecule has 5 nitrogen and oxygen atoms in total. The maximum absolute atomic E-state index is 13.3. The highest BCUT2D eigenvalue weighted by Gasteiger charge is 2.24. The topological polar surface area (TPSA) is 62.7 Å². The molecule has 0 radical (unpaired) electrons. The Labute approximate surface area is 149 Å². The average Bonchev–Trinajstić information content (AvgIpc) is 2.73. The Morgan fingerprint density at radius 3 is 2.72 bits per heavy atom. The Morgan fingerprint density at radius 1 is 1.28 bits per heavy atom. The molecule has 0 fully saturated rings. The lowest BCUT2D eigenvalue weighted by atomic mass is 10.0. The molecular weight excluding hydrogens is 341 g/mol. The van der Waals surface area contributed by atoms with Crippen molar-refractivity contribution in [2.45, 2.75) is 13.1 Å². The third-order valence-corrected chi connectivity index (χ3v) is 3.92. The van der Waals surface area contributed by atoms with Crippen LogP contribution in [0.15, 0.2) is 53.5 Å². The molecule has 0 saturated heterocycles. The standard InChI is InChI=1S/C18H16FN3O2S/c1-2-24-18(23)22-16-17(25)20-14-6-4-3-5-13(14)15(21-16)11-7-9-12(19)10-8-11/h3-10,16H,2H2,1H3,(H,20,25)(H,22,23). The summed E-state index contributed by atoms with van der Waals surface area (Å²) in [6, 6.07) is 13.5. The van der Waals surface area contributed by atoms with E-state index in [9.17, 15) is 9.18 Å². The number of aliphatic imine (C=N–C) groups is 1. The van der Waals surface area contributed by atoms with E-state index in [4.69, 9.17) is 17.0 Å². The molecule has 3 rings (SSSR count). The molecule has 7 heteroatoms. The van der Waals surface area contributed by atoms with Crippen LogP contribution < -0.4 is 10.6 Å². The van der Waals surface area contributed by atoms with E-state index >= 15 is 0 Å². The number of benzodiazepines with no additional fused rings is 1. The van der Waals surface area contributed by atoms with Crippen molar-refractivity contribution >= 4 is 34.7 Å². The lowest BCUT2D eigenvalue weighted by molar-refractivity contribution is 0.151. The summed E-state index contributed by atoms with van der Waals surface area (Å²) in [5.41, 5.74) is 2.90. The first-order chi connectivity index (χ1) is 12.1. The Kier molecular flexibility index (Phi) is 5.04. The zero-order valence-electron chi connectivity index (χ0n) is 13.5. The number of alkyl carbamates (subject to hydrolysis) is 1. The van der Waals surface area contributed by atoms with Crippen molar-refractivity contribution < 1.29 is 13.9 Å². The van der Waals surface area contributed by atoms with Gasteiger partial charge >= 0.3 is 6.09 Å². The summed E-state index contributed by atoms with van der Waals surface area (Å²) in [6.07, 6.45) is -1.40. The van der Waals surface area contributed by atoms with E-state index in [-0.39, 0.29) is 12.4 Å². The van der Waals surface area contributed by atoms with Crippen molar-refractivity contribution in [2.75, 3.05) is 11.9 Å². The number of rotatable bonds is 3. The zero-order chi connectivity index (χ0) is 17.8. The van der Waals surface area contributed by atoms with Crippen LogP contribution in [0.5, 0.6) is 0 Å². The largest absolute Gasteiger partial charge is 0.450 e. The van der Waals surface area contributed by atoms with Gasteiger partial charge in [-0.1, -0.05) is 30.4 Å². The fraction of sp³-hybridized carbons (Fsp3) is 0.167. The predicted molar refractivity (Wildman–Crippen MR) is 98.6 cm³/mol. The molecule has 0 aromatic heterocycles. The van der Waals surface area contributed by atoms with Crippen LogP contribution in [0.25, 0.3) is 0 Å². The fourth-order valence-electron chi connectivity index (χ4n) is 2.48. The lowest BCUT2D eigenvalue weighted by Crippen LogP contribution is -2.41. The van der Waals surface area contributed by atoms with Crippen LogP contribution in [0.2, 0.25) is 0 Å². The van der Waals surface area contributed by atoms with E-state index in [1.807, 2.05) is 24.3 Å². The van der Waals surface area contributed by atoms with Crippen molar-refractivity contribution in [3.8, 4) is 0 Å². The van der Waals surface area contributed by atoms with Crippen LogP contribution >= 0.6 is 12.2 Å². The first-order valence-electron chi connectivity index (χ1n) is 7.76. The van der Waals surface area contributed by atoms with Gasteiger partial charge in [0, 0.05) is 16.8 Å². The maximum atomic E-state index is 13.3. The molecule has 1 aliphatic rings. The predicted octanol–water partition coefficient (Wildman–Crippen LogP) is 3.49. The van der Waals surface area contributed by atoms with Gasteiger partial charge in [-0.15, -0.1) is 0 Å². The Hall–Kier alpha value is -2.80. The van der Waals surface area contributed by atoms with Gasteiger partial charge in [0.25, 0.3) is 0 Å². The molecule has 2 aromatic carbocycles. The van der Waals surface area contributed by atoms with E-state index in [1.54, 1.807) is 19.1 Å². The minimum Gasteiger partial charge on any atom is -0.450 e. The monoisotopic (exact) mass is 357 g/mol. The number of nitrogens with one attached hydrogen (secondary N) is 2. The number of amides is 1. The highest BCUT2D eigenvalue weighted by Crippen LogP contribution is 2.24. The van der Waals surface area contributed by atoms with Gasteiger partial charge in [0.05, 0.1) is 12.3 Å². The van der Waals surface area contributed by atoms with Gasteiger partial charge in [0.2, 0.25) is 0 Å². The second-order valence-corrected chi connectivity index (χ2v) is 5.73. The lowest BCUT2D eigenvalue weighted by Gasteiger charge is -2.15. The van der Waals surface area contributed by atoms with Crippen molar-refractivity contribution in [3.05, 3.63) is 65.5 Å². The summed E-state index contributed by atoms with van der Waals surface area (Å²) in [7, 11) is 0. The molecule has 1 aliphatic heterocycles. The third-order valence-electron chi connectivity index (χ3n) is 3.59. The molecular formula is C18H16FN3O2S. The number of fused-ring (bicyclic) bond motifs is 1. The molecule has 0 saturated carbocycles. The average molecular weight is 357 g/mol. The van der Waals surface area contributed by atoms with Gasteiger partial charge in [-0.05, 0) is 37.3 Å². The second-order valence-electron chi connectivity index (χ2n) is 5.29. The van der Waals surface area contributed by atoms with Crippen molar-refractivity contribution in [1.82, 2.24) is 5.32 Å². The van der Waals surface area contributed by atoms with Gasteiger partial charge in [-0.2, -0.15) is 0 Å². The number of carbonyl (C=O) groups excluding carboxylic acids is 1. The van der Waals surface area contributed by atoms with Crippen LogP contribution in [0.4, 0.5) is 14.9 Å². The quantitative estimate of drug-likeness (QED) is 0.826. The Morgan fingerprint density at radius 2 is 2.00 bits per heavy atom. The Balaban J connectivity index is 2.06. The van der Waals surface area contributed by atoms with Crippen LogP contribution in [0.1, 0.15) is 18.1 Å². The number of carbonyl (C=O) groups is 1. The second kappa shape index (κ2) is 7.40. The number of ether oxygens (including phenoxy) is 1. The Bertz CT molecular complexity index is 836. The minimum absolute atomic E-state index is 0.244. The van der Waals surface area contributed by atoms with E-state index in [0.717, 1.165) is 16.8 Å². The number of anilines is 1. The van der Waals surface area contributed by atoms with E-state index in [1.165, 1.54) is 12.1 Å². The SMILES string of the molecule is CCOC(=O)NC1N=C(c2ccc(F)cc2)c2ccccc2NC1=S. The van der Waals surface area contributed by atoms with E-state index < -0.39 is 12.3 Å². The van der Waals surface area contributed by atoms with Crippen LogP contribution in [-0.4, -0.2) is 29.6 Å². The number of para-hydroxylation sites is 1. The number of halogens is 1. The number of benzene rings is 2. The summed E-state index contributed by atoms with van der Waals surface area (Å²) in [5.74, 6) is -0.332. The van der Waals surface area contributed by atoms with Gasteiger partial charge in [-0.25, -0.2) is 9.18 Å². The first kappa shape index (κ1) is 17.0. The highest BCUT2D eigenvalue weighted by molar-refractivity contribution is 7.80. The molecule has 25 heavy (non-hydrogen) atoms. The number of hydrogen-bond acceptors (Lipinski definition) is 4. The van der Waals surface area contributed by atoms with E-state index in [2.05, 4.69) is 15.6 Å². The van der Waals surface area contributed by atoms with Crippen molar-refractivity contribution in [3.63, 3.8) is 0 Å². The number of thiocarbonyl (C=S) groups is 1. The summed E-state index contributed by atoms with van der Waals surface area (Å²) in [5, 5.41) is 5.73. The number of hydrogen-bond donors (Lipinski definition) is 2. The van der Waals surface area contributed by atoms with Crippen LogP contribution in [0, 0.1) is 5.82 Å². The van der Waals surface area contributed by atoms with Crippen LogP contribution in [-0.2, 0) is 4.74 Å². The summed E-state index contributed by atoms with van der Waals surface area (Å²) in [4.78, 5) is 16.7. The summed E-state index contributed by atoms with van der Waals surface area (Å²) >= 11 is 5.37. The minimum atomic E-state index is -0.790. The van der Waals surface area contributed by atoms with Crippen molar-refractivity contribution in [1.29, 1.82) is 0 Å². The molecule has 128 valence electrons.